The molecule has 24 heavy (non-hydrogen) atoms. The van der Waals surface area contributed by atoms with Gasteiger partial charge >= 0.3 is 24.2 Å². The number of halogens is 6. The summed E-state index contributed by atoms with van der Waals surface area (Å²) in [5, 5.41) is 3.35. The van der Waals surface area contributed by atoms with Gasteiger partial charge in [0.1, 0.15) is 0 Å². The van der Waals surface area contributed by atoms with Gasteiger partial charge in [-0.1, -0.05) is 24.3 Å². The minimum Gasteiger partial charge on any atom is -0.318 e. The van der Waals surface area contributed by atoms with E-state index in [4.69, 9.17) is 0 Å². The van der Waals surface area contributed by atoms with Gasteiger partial charge in [0, 0.05) is 22.1 Å². The topological polar surface area (TPSA) is 58.2 Å². The molecule has 0 spiro atoms. The van der Waals surface area contributed by atoms with Gasteiger partial charge in [-0.2, -0.15) is 26.3 Å². The van der Waals surface area contributed by atoms with E-state index in [1.807, 2.05) is 0 Å². The lowest BCUT2D eigenvalue weighted by atomic mass is 10.1. The zero-order valence-electron chi connectivity index (χ0n) is 11.5. The molecule has 0 heterocycles. The van der Waals surface area contributed by atoms with Gasteiger partial charge in [-0.3, -0.25) is 9.59 Å². The Morgan fingerprint density at radius 1 is 0.667 bits per heavy atom. The molecule has 0 saturated carbocycles. The smallest absolute Gasteiger partial charge is 0.318 e. The number of carbonyl (C=O) groups is 2. The van der Waals surface area contributed by atoms with Gasteiger partial charge in [-0.25, -0.2) is 0 Å². The second kappa shape index (κ2) is 6.02. The maximum absolute atomic E-state index is 12.3. The number of hydrogen-bond acceptors (Lipinski definition) is 2. The number of carbonyl (C=O) groups excluding carboxylic acids is 2. The molecule has 0 atom stereocenters. The monoisotopic (exact) mass is 350 g/mol. The molecule has 0 saturated heterocycles. The number of alkyl halides is 6. The third-order valence-electron chi connectivity index (χ3n) is 2.94. The predicted molar refractivity (Wildman–Crippen MR) is 73.3 cm³/mol. The number of amides is 2. The highest BCUT2D eigenvalue weighted by molar-refractivity contribution is 6.10. The molecule has 0 fully saturated rings. The first kappa shape index (κ1) is 17.6. The van der Waals surface area contributed by atoms with E-state index in [-0.39, 0.29) is 22.1 Å². The molecule has 128 valence electrons. The van der Waals surface area contributed by atoms with Gasteiger partial charge in [0.15, 0.2) is 0 Å². The average Bonchev–Trinajstić information content (AvgIpc) is 2.47. The summed E-state index contributed by atoms with van der Waals surface area (Å²) in [7, 11) is 0. The van der Waals surface area contributed by atoms with Crippen molar-refractivity contribution in [3.8, 4) is 0 Å². The molecular weight excluding hydrogens is 342 g/mol. The number of nitrogens with one attached hydrogen (secondary N) is 2. The minimum absolute atomic E-state index is 0.0371. The fraction of sp³-hybridized carbons (Fsp3) is 0.143. The molecule has 2 N–H and O–H groups in total. The van der Waals surface area contributed by atoms with Crippen molar-refractivity contribution in [1.82, 2.24) is 0 Å². The molecule has 0 aliphatic rings. The Kier molecular flexibility index (Phi) is 4.41. The fourth-order valence-corrected chi connectivity index (χ4v) is 1.90. The lowest BCUT2D eigenvalue weighted by Crippen LogP contribution is -2.30. The number of anilines is 2. The van der Waals surface area contributed by atoms with E-state index in [1.54, 1.807) is 10.6 Å². The van der Waals surface area contributed by atoms with Crippen LogP contribution in [0.1, 0.15) is 0 Å². The van der Waals surface area contributed by atoms with Crippen LogP contribution >= 0.6 is 0 Å². The van der Waals surface area contributed by atoms with Gasteiger partial charge in [-0.15, -0.1) is 0 Å². The highest BCUT2D eigenvalue weighted by atomic mass is 19.4. The molecule has 0 aromatic heterocycles. The van der Waals surface area contributed by atoms with Gasteiger partial charge in [0.2, 0.25) is 0 Å². The van der Waals surface area contributed by atoms with Crippen LogP contribution in [0.15, 0.2) is 36.4 Å². The minimum atomic E-state index is -5.12. The van der Waals surface area contributed by atoms with Gasteiger partial charge in [0.25, 0.3) is 0 Å². The zero-order chi connectivity index (χ0) is 18.1. The number of fused-ring (bicyclic) bond motifs is 1. The molecular formula is C14H8F6N2O2. The van der Waals surface area contributed by atoms with Crippen molar-refractivity contribution in [3.63, 3.8) is 0 Å². The van der Waals surface area contributed by atoms with Gasteiger partial charge < -0.3 is 10.6 Å². The van der Waals surface area contributed by atoms with Crippen molar-refractivity contribution in [2.75, 3.05) is 10.6 Å². The SMILES string of the molecule is O=C(Nc1ccc(NC(=O)C(F)(F)F)c2ccccc12)C(F)(F)F. The molecule has 0 bridgehead atoms. The van der Waals surface area contributed by atoms with Crippen LogP contribution in [-0.4, -0.2) is 24.2 Å². The van der Waals surface area contributed by atoms with Crippen LogP contribution in [0.5, 0.6) is 0 Å². The maximum atomic E-state index is 12.3. The molecule has 2 aromatic rings. The van der Waals surface area contributed by atoms with E-state index in [1.165, 1.54) is 24.3 Å². The lowest BCUT2D eigenvalue weighted by Gasteiger charge is -2.14. The largest absolute Gasteiger partial charge is 0.471 e. The molecule has 2 aromatic carbocycles. The lowest BCUT2D eigenvalue weighted by molar-refractivity contribution is -0.167. The molecule has 2 rings (SSSR count). The van der Waals surface area contributed by atoms with Crippen molar-refractivity contribution in [3.05, 3.63) is 36.4 Å². The second-order valence-electron chi connectivity index (χ2n) is 4.61. The van der Waals surface area contributed by atoms with E-state index >= 15 is 0 Å². The summed E-state index contributed by atoms with van der Waals surface area (Å²) in [5.74, 6) is -4.44. The second-order valence-corrected chi connectivity index (χ2v) is 4.61. The molecule has 0 aliphatic heterocycles. The number of rotatable bonds is 2. The molecule has 0 unspecified atom stereocenters. The van der Waals surface area contributed by atoms with Gasteiger partial charge in [0.05, 0.1) is 0 Å². The Morgan fingerprint density at radius 2 is 1.00 bits per heavy atom. The predicted octanol–water partition coefficient (Wildman–Crippen LogP) is 3.84. The van der Waals surface area contributed by atoms with Crippen LogP contribution in [0.25, 0.3) is 10.8 Å². The summed E-state index contributed by atoms with van der Waals surface area (Å²) in [6.45, 7) is 0. The van der Waals surface area contributed by atoms with E-state index in [0.717, 1.165) is 12.1 Å². The Morgan fingerprint density at radius 3 is 1.29 bits per heavy atom. The standard InChI is InChI=1S/C14H8F6N2O2/c15-13(16,17)11(23)21-9-5-6-10(22-12(24)14(18,19)20)8-4-2-1-3-7(8)9/h1-6H,(H,21,23)(H,22,24). The van der Waals surface area contributed by atoms with Crippen LogP contribution in [0, 0.1) is 0 Å². The number of hydrogen-bond donors (Lipinski definition) is 2. The molecule has 2 amide bonds. The summed E-state index contributed by atoms with van der Waals surface area (Å²) in [6.07, 6.45) is -10.2. The third-order valence-corrected chi connectivity index (χ3v) is 2.94. The summed E-state index contributed by atoms with van der Waals surface area (Å²) in [6, 6.07) is 7.37. The molecule has 10 heteroatoms. The summed E-state index contributed by atoms with van der Waals surface area (Å²) < 4.78 is 73.9. The molecule has 0 radical (unpaired) electrons. The van der Waals surface area contributed by atoms with Crippen molar-refractivity contribution in [1.29, 1.82) is 0 Å². The van der Waals surface area contributed by atoms with Crippen LogP contribution < -0.4 is 10.6 Å². The Bertz CT molecular complexity index is 731. The van der Waals surface area contributed by atoms with E-state index < -0.39 is 24.2 Å². The first-order valence-electron chi connectivity index (χ1n) is 6.28. The van der Waals surface area contributed by atoms with Crippen LogP contribution in [0.2, 0.25) is 0 Å². The van der Waals surface area contributed by atoms with Gasteiger partial charge in [-0.05, 0) is 12.1 Å². The first-order chi connectivity index (χ1) is 11.0. The Hall–Kier alpha value is -2.78. The zero-order valence-corrected chi connectivity index (χ0v) is 11.5. The third kappa shape index (κ3) is 3.76. The fourth-order valence-electron chi connectivity index (χ4n) is 1.90. The maximum Gasteiger partial charge on any atom is 0.471 e. The van der Waals surface area contributed by atoms with Crippen molar-refractivity contribution >= 4 is 34.0 Å². The van der Waals surface area contributed by atoms with Crippen LogP contribution in [0.4, 0.5) is 37.7 Å². The average molecular weight is 350 g/mol. The van der Waals surface area contributed by atoms with Crippen LogP contribution in [0.3, 0.4) is 0 Å². The highest BCUT2D eigenvalue weighted by Gasteiger charge is 2.40. The summed E-state index contributed by atoms with van der Waals surface area (Å²) in [5.41, 5.74) is -0.504. The summed E-state index contributed by atoms with van der Waals surface area (Å²) in [4.78, 5) is 22.0. The van der Waals surface area contributed by atoms with E-state index in [9.17, 15) is 35.9 Å². The summed E-state index contributed by atoms with van der Waals surface area (Å²) >= 11 is 0. The number of benzene rings is 2. The first-order valence-corrected chi connectivity index (χ1v) is 6.28. The van der Waals surface area contributed by atoms with Crippen molar-refractivity contribution in [2.24, 2.45) is 0 Å². The highest BCUT2D eigenvalue weighted by Crippen LogP contribution is 2.32. The van der Waals surface area contributed by atoms with E-state index in [0.29, 0.717) is 0 Å². The normalized spacial score (nSPS) is 12.1. The van der Waals surface area contributed by atoms with Crippen molar-refractivity contribution < 1.29 is 35.9 Å². The van der Waals surface area contributed by atoms with Crippen molar-refractivity contribution in [2.45, 2.75) is 12.4 Å². The molecule has 0 aliphatic carbocycles. The molecule has 4 nitrogen and oxygen atoms in total. The Labute approximate surface area is 130 Å². The quantitative estimate of drug-likeness (QED) is 0.809. The Balaban J connectivity index is 2.44. The van der Waals surface area contributed by atoms with E-state index in [2.05, 4.69) is 0 Å². The van der Waals surface area contributed by atoms with Crippen LogP contribution in [-0.2, 0) is 9.59 Å².